The van der Waals surface area contributed by atoms with E-state index in [0.29, 0.717) is 11.7 Å². The van der Waals surface area contributed by atoms with Crippen molar-refractivity contribution in [1.29, 1.82) is 0 Å². The molecule has 0 radical (unpaired) electrons. The molecule has 0 unspecified atom stereocenters. The van der Waals surface area contributed by atoms with Gasteiger partial charge in [0.05, 0.1) is 22.7 Å². The maximum Gasteiger partial charge on any atom is 0.251 e. The highest BCUT2D eigenvalue weighted by molar-refractivity contribution is 7.14. The average molecular weight is 393 g/mol. The van der Waals surface area contributed by atoms with Crippen LogP contribution in [-0.4, -0.2) is 24.0 Å². The van der Waals surface area contributed by atoms with Crippen LogP contribution in [0.2, 0.25) is 0 Å². The number of methoxy groups -OCH3 is 1. The van der Waals surface area contributed by atoms with E-state index < -0.39 is 0 Å². The molecule has 142 valence electrons. The lowest BCUT2D eigenvalue weighted by molar-refractivity contribution is 0.184. The third kappa shape index (κ3) is 4.96. The minimum absolute atomic E-state index is 0.415. The van der Waals surface area contributed by atoms with Crippen molar-refractivity contribution in [3.8, 4) is 0 Å². The molecule has 1 aromatic heterocycles. The first kappa shape index (κ1) is 19.6. The molecule has 3 rings (SSSR count). The van der Waals surface area contributed by atoms with Gasteiger partial charge in [0.2, 0.25) is 0 Å². The fourth-order valence-corrected chi connectivity index (χ4v) is 2.97. The summed E-state index contributed by atoms with van der Waals surface area (Å²) >= 11 is 1.34. The number of aromatic nitrogens is 2. The predicted molar refractivity (Wildman–Crippen MR) is 111 cm³/mol. The molecule has 0 saturated heterocycles. The van der Waals surface area contributed by atoms with Crippen LogP contribution in [0.1, 0.15) is 16.1 Å². The summed E-state index contributed by atoms with van der Waals surface area (Å²) in [5.74, 6) is 0. The van der Waals surface area contributed by atoms with Gasteiger partial charge in [-0.05, 0) is 68.1 Å². The first-order chi connectivity index (χ1) is 13.6. The van der Waals surface area contributed by atoms with Crippen LogP contribution < -0.4 is 0 Å². The average Bonchev–Trinajstić information content (AvgIpc) is 3.14. The van der Waals surface area contributed by atoms with Crippen LogP contribution in [0.4, 0.5) is 27.9 Å². The Hall–Kier alpha value is -3.17. The number of hydrogen-bond donors (Lipinski definition) is 0. The third-order valence-electron chi connectivity index (χ3n) is 3.78. The molecule has 0 aliphatic heterocycles. The zero-order chi connectivity index (χ0) is 19.9. The van der Waals surface area contributed by atoms with Gasteiger partial charge in [0.15, 0.2) is 0 Å². The molecule has 0 N–H and O–H groups in total. The monoisotopic (exact) mass is 393 g/mol. The fraction of sp³-hybridized carbons (Fsp3) is 0.211. The largest absolute Gasteiger partial charge is 0.377 e. The Balaban J connectivity index is 1.72. The molecule has 0 saturated carbocycles. The van der Waals surface area contributed by atoms with Gasteiger partial charge >= 0.3 is 0 Å². The Morgan fingerprint density at radius 2 is 1.54 bits per heavy atom. The summed E-state index contributed by atoms with van der Waals surface area (Å²) in [5, 5.41) is 26.2. The van der Waals surface area contributed by atoms with Crippen molar-refractivity contribution < 1.29 is 4.74 Å². The molecule has 2 aromatic carbocycles. The Morgan fingerprint density at radius 1 is 0.893 bits per heavy atom. The highest BCUT2D eigenvalue weighted by atomic mass is 32.1. The molecular weight excluding hydrogens is 374 g/mol. The Bertz CT molecular complexity index is 1040. The van der Waals surface area contributed by atoms with Crippen LogP contribution in [0.15, 0.2) is 61.8 Å². The molecule has 0 fully saturated rings. The van der Waals surface area contributed by atoms with Gasteiger partial charge in [-0.2, -0.15) is 10.2 Å². The molecule has 1 heterocycles. The molecule has 8 nitrogen and oxygen atoms in total. The second-order valence-corrected chi connectivity index (χ2v) is 6.95. The maximum atomic E-state index is 5.02. The van der Waals surface area contributed by atoms with Crippen molar-refractivity contribution in [2.45, 2.75) is 20.5 Å². The third-order valence-corrected chi connectivity index (χ3v) is 4.56. The first-order valence-corrected chi connectivity index (χ1v) is 9.23. The van der Waals surface area contributed by atoms with Crippen LogP contribution >= 0.6 is 11.3 Å². The van der Waals surface area contributed by atoms with Crippen LogP contribution in [0.3, 0.4) is 0 Å². The molecular formula is C19H19N7OS. The van der Waals surface area contributed by atoms with E-state index in [4.69, 9.17) is 4.74 Å². The number of ether oxygens (including phenoxy) is 1. The number of aliphatic imine (C=N–C) groups is 1. The van der Waals surface area contributed by atoms with Gasteiger partial charge in [-0.25, -0.2) is 0 Å². The molecule has 0 atom stereocenters. The van der Waals surface area contributed by atoms with Crippen molar-refractivity contribution in [2.75, 3.05) is 7.11 Å². The van der Waals surface area contributed by atoms with Crippen molar-refractivity contribution in [3.05, 3.63) is 52.5 Å². The minimum atomic E-state index is 0.415. The van der Waals surface area contributed by atoms with Gasteiger partial charge in [-0.15, -0.1) is 20.4 Å². The van der Waals surface area contributed by atoms with Gasteiger partial charge < -0.3 is 4.74 Å². The van der Waals surface area contributed by atoms with E-state index in [1.54, 1.807) is 7.11 Å². The number of aryl methyl sites for hydroxylation is 2. The number of benzene rings is 2. The first-order valence-electron chi connectivity index (χ1n) is 8.42. The Kier molecular flexibility index (Phi) is 6.41. The van der Waals surface area contributed by atoms with Crippen LogP contribution in [0.5, 0.6) is 0 Å². The van der Waals surface area contributed by atoms with Crippen molar-refractivity contribution in [2.24, 2.45) is 25.4 Å². The molecule has 0 amide bonds. The number of rotatable bonds is 7. The molecule has 0 aliphatic carbocycles. The van der Waals surface area contributed by atoms with E-state index in [0.717, 1.165) is 38.9 Å². The number of azo groups is 2. The quantitative estimate of drug-likeness (QED) is 0.340. The van der Waals surface area contributed by atoms with E-state index in [9.17, 15) is 0 Å². The molecule has 9 heteroatoms. The van der Waals surface area contributed by atoms with Crippen LogP contribution in [0, 0.1) is 13.8 Å². The smallest absolute Gasteiger partial charge is 0.251 e. The van der Waals surface area contributed by atoms with Gasteiger partial charge in [0.25, 0.3) is 5.13 Å². The molecule has 28 heavy (non-hydrogen) atoms. The lowest BCUT2D eigenvalue weighted by Crippen LogP contribution is -1.84. The SMILES string of the molecule is C=Nc1ccc(/N=N/c2ccc(/N=N/c3nnc(COC)s3)c(C)c2)c(C)c1. The van der Waals surface area contributed by atoms with E-state index in [-0.39, 0.29) is 0 Å². The van der Waals surface area contributed by atoms with Crippen molar-refractivity contribution in [1.82, 2.24) is 10.2 Å². The highest BCUT2D eigenvalue weighted by Gasteiger charge is 2.04. The summed E-state index contributed by atoms with van der Waals surface area (Å²) in [6.07, 6.45) is 0. The summed E-state index contributed by atoms with van der Waals surface area (Å²) in [6, 6.07) is 11.2. The van der Waals surface area contributed by atoms with Crippen LogP contribution in [-0.2, 0) is 11.3 Å². The second-order valence-electron chi connectivity index (χ2n) is 5.91. The van der Waals surface area contributed by atoms with Crippen LogP contribution in [0.25, 0.3) is 0 Å². The van der Waals surface area contributed by atoms with Crippen molar-refractivity contribution >= 4 is 45.9 Å². The second kappa shape index (κ2) is 9.16. The lowest BCUT2D eigenvalue weighted by Gasteiger charge is -2.01. The number of hydrogen-bond acceptors (Lipinski definition) is 9. The molecule has 0 spiro atoms. The van der Waals surface area contributed by atoms with Gasteiger partial charge in [-0.3, -0.25) is 4.99 Å². The maximum absolute atomic E-state index is 5.02. The standard InChI is InChI=1S/C19H19N7OS/c1-12-9-14(20-3)5-7-16(12)22-21-15-6-8-17(13(2)10-15)23-25-19-26-24-18(28-19)11-27-4/h5-10H,3,11H2,1-2,4H3/b22-21+,25-23+. The van der Waals surface area contributed by atoms with E-state index in [2.05, 4.69) is 42.4 Å². The summed E-state index contributed by atoms with van der Waals surface area (Å²) in [5.41, 5.74) is 4.99. The van der Waals surface area contributed by atoms with Crippen molar-refractivity contribution in [3.63, 3.8) is 0 Å². The van der Waals surface area contributed by atoms with E-state index in [1.165, 1.54) is 11.3 Å². The topological polar surface area (TPSA) is 96.8 Å². The minimum Gasteiger partial charge on any atom is -0.377 e. The summed E-state index contributed by atoms with van der Waals surface area (Å²) in [4.78, 5) is 3.91. The highest BCUT2D eigenvalue weighted by Crippen LogP contribution is 2.29. The molecule has 0 aliphatic rings. The van der Waals surface area contributed by atoms with Gasteiger partial charge in [-0.1, -0.05) is 11.3 Å². The normalized spacial score (nSPS) is 11.5. The van der Waals surface area contributed by atoms with Gasteiger partial charge in [0.1, 0.15) is 11.6 Å². The zero-order valence-electron chi connectivity index (χ0n) is 15.8. The lowest BCUT2D eigenvalue weighted by atomic mass is 10.2. The molecule has 3 aromatic rings. The van der Waals surface area contributed by atoms with Gasteiger partial charge in [0, 0.05) is 7.11 Å². The van der Waals surface area contributed by atoms with E-state index in [1.807, 2.05) is 50.2 Å². The zero-order valence-corrected chi connectivity index (χ0v) is 16.6. The molecule has 0 bridgehead atoms. The Labute approximate surface area is 166 Å². The fourth-order valence-electron chi connectivity index (χ4n) is 2.34. The summed E-state index contributed by atoms with van der Waals surface area (Å²) in [6.45, 7) is 7.84. The Morgan fingerprint density at radius 3 is 2.18 bits per heavy atom. The van der Waals surface area contributed by atoms with E-state index >= 15 is 0 Å². The summed E-state index contributed by atoms with van der Waals surface area (Å²) in [7, 11) is 1.61. The predicted octanol–water partition coefficient (Wildman–Crippen LogP) is 6.46. The number of nitrogens with zero attached hydrogens (tertiary/aromatic N) is 7. The summed E-state index contributed by atoms with van der Waals surface area (Å²) < 4.78 is 5.02.